The van der Waals surface area contributed by atoms with Crippen LogP contribution in [-0.4, -0.2) is 54.1 Å². The molecule has 0 saturated carbocycles. The third kappa shape index (κ3) is 5.81. The van der Waals surface area contributed by atoms with Crippen molar-refractivity contribution >= 4 is 27.5 Å². The van der Waals surface area contributed by atoms with Gasteiger partial charge in [0.25, 0.3) is 0 Å². The summed E-state index contributed by atoms with van der Waals surface area (Å²) in [7, 11) is -3.66. The van der Waals surface area contributed by atoms with Crippen LogP contribution in [0.5, 0.6) is 0 Å². The summed E-state index contributed by atoms with van der Waals surface area (Å²) in [6.45, 7) is 3.29. The Morgan fingerprint density at radius 1 is 0.912 bits per heavy atom. The summed E-state index contributed by atoms with van der Waals surface area (Å²) >= 11 is 0. The highest BCUT2D eigenvalue weighted by Crippen LogP contribution is 2.29. The lowest BCUT2D eigenvalue weighted by molar-refractivity contribution is -0.137. The summed E-state index contributed by atoms with van der Waals surface area (Å²) in [6, 6.07) is 11.6. The normalized spacial score (nSPS) is 15.4. The number of halogens is 3. The van der Waals surface area contributed by atoms with E-state index in [0.29, 0.717) is 36.1 Å². The van der Waals surface area contributed by atoms with Crippen LogP contribution in [0.15, 0.2) is 54.7 Å². The summed E-state index contributed by atoms with van der Waals surface area (Å²) < 4.78 is 65.0. The molecule has 1 saturated heterocycles. The molecule has 0 radical (unpaired) electrons. The van der Waals surface area contributed by atoms with Gasteiger partial charge in [0.15, 0.2) is 11.6 Å². The molecular formula is C22H23F3N6O2S. The van der Waals surface area contributed by atoms with Gasteiger partial charge in [-0.2, -0.15) is 17.5 Å². The van der Waals surface area contributed by atoms with E-state index in [0.717, 1.165) is 17.7 Å². The first kappa shape index (κ1) is 23.9. The number of nitrogens with one attached hydrogen (secondary N) is 1. The molecule has 180 valence electrons. The van der Waals surface area contributed by atoms with Gasteiger partial charge in [-0.15, -0.1) is 10.2 Å². The van der Waals surface area contributed by atoms with Gasteiger partial charge in [0.05, 0.1) is 11.3 Å². The number of anilines is 3. The van der Waals surface area contributed by atoms with Crippen LogP contribution in [0.4, 0.5) is 30.6 Å². The first-order valence-corrected chi connectivity index (χ1v) is 12.1. The third-order valence-electron chi connectivity index (χ3n) is 5.40. The maximum absolute atomic E-state index is 12.8. The highest BCUT2D eigenvalue weighted by Gasteiger charge is 2.31. The Morgan fingerprint density at radius 3 is 2.15 bits per heavy atom. The monoisotopic (exact) mass is 492 g/mol. The molecular weight excluding hydrogens is 469 g/mol. The van der Waals surface area contributed by atoms with Crippen molar-refractivity contribution in [3.63, 3.8) is 0 Å². The summed E-state index contributed by atoms with van der Waals surface area (Å²) in [5.74, 6) is 1.47. The van der Waals surface area contributed by atoms with Crippen LogP contribution in [0, 0.1) is 6.92 Å². The topological polar surface area (TPSA) is 91.3 Å². The number of hydrogen-bond donors (Lipinski definition) is 1. The van der Waals surface area contributed by atoms with Gasteiger partial charge in [-0.1, -0.05) is 18.2 Å². The first-order valence-electron chi connectivity index (χ1n) is 10.5. The van der Waals surface area contributed by atoms with Crippen LogP contribution < -0.4 is 10.2 Å². The first-order chi connectivity index (χ1) is 16.1. The molecule has 0 spiro atoms. The van der Waals surface area contributed by atoms with Crippen LogP contribution in [0.2, 0.25) is 0 Å². The zero-order valence-corrected chi connectivity index (χ0v) is 19.1. The average molecular weight is 493 g/mol. The predicted octanol–water partition coefficient (Wildman–Crippen LogP) is 3.59. The second-order valence-electron chi connectivity index (χ2n) is 7.96. The number of piperazine rings is 1. The molecule has 8 nitrogen and oxygen atoms in total. The summed E-state index contributed by atoms with van der Waals surface area (Å²) in [5, 5.41) is 11.5. The van der Waals surface area contributed by atoms with E-state index in [4.69, 9.17) is 0 Å². The predicted molar refractivity (Wildman–Crippen MR) is 122 cm³/mol. The van der Waals surface area contributed by atoms with E-state index in [9.17, 15) is 21.6 Å². The van der Waals surface area contributed by atoms with E-state index in [2.05, 4.69) is 20.5 Å². The van der Waals surface area contributed by atoms with Gasteiger partial charge in [-0.3, -0.25) is 0 Å². The van der Waals surface area contributed by atoms with Gasteiger partial charge in [-0.05, 0) is 48.4 Å². The van der Waals surface area contributed by atoms with Crippen LogP contribution in [-0.2, 0) is 22.0 Å². The van der Waals surface area contributed by atoms with E-state index in [1.54, 1.807) is 18.3 Å². The number of rotatable bonds is 6. The van der Waals surface area contributed by atoms with E-state index in [-0.39, 0.29) is 18.8 Å². The van der Waals surface area contributed by atoms with Crippen molar-refractivity contribution in [3.05, 3.63) is 71.4 Å². The van der Waals surface area contributed by atoms with Gasteiger partial charge in [-0.25, -0.2) is 13.4 Å². The average Bonchev–Trinajstić information content (AvgIpc) is 2.81. The Hall–Kier alpha value is -3.25. The summed E-state index contributed by atoms with van der Waals surface area (Å²) in [6.07, 6.45) is -2.71. The molecule has 2 aromatic heterocycles. The lowest BCUT2D eigenvalue weighted by Crippen LogP contribution is -2.49. The van der Waals surface area contributed by atoms with Crippen molar-refractivity contribution in [1.82, 2.24) is 19.5 Å². The molecule has 1 aliphatic rings. The Labute approximate surface area is 195 Å². The fraction of sp³-hybridized carbons (Fsp3) is 0.318. The van der Waals surface area contributed by atoms with E-state index in [1.165, 1.54) is 16.4 Å². The van der Waals surface area contributed by atoms with Gasteiger partial charge in [0.1, 0.15) is 5.82 Å². The van der Waals surface area contributed by atoms with Gasteiger partial charge in [0.2, 0.25) is 10.0 Å². The van der Waals surface area contributed by atoms with Gasteiger partial charge >= 0.3 is 6.18 Å². The zero-order valence-electron chi connectivity index (χ0n) is 18.3. The molecule has 1 fully saturated rings. The van der Waals surface area contributed by atoms with Crippen molar-refractivity contribution in [2.75, 3.05) is 36.4 Å². The fourth-order valence-electron chi connectivity index (χ4n) is 3.52. The Bertz CT molecular complexity index is 1210. The van der Waals surface area contributed by atoms with Crippen molar-refractivity contribution in [2.45, 2.75) is 18.9 Å². The number of sulfonamides is 1. The highest BCUT2D eigenvalue weighted by atomic mass is 32.2. The molecule has 0 amide bonds. The number of hydrogen-bond acceptors (Lipinski definition) is 7. The maximum Gasteiger partial charge on any atom is 0.416 e. The fourth-order valence-corrected chi connectivity index (χ4v) is 5.04. The third-order valence-corrected chi connectivity index (χ3v) is 7.25. The van der Waals surface area contributed by atoms with E-state index in [1.807, 2.05) is 24.0 Å². The number of alkyl halides is 3. The minimum absolute atomic E-state index is 0.248. The number of nitrogens with zero attached hydrogens (tertiary/aromatic N) is 5. The number of pyridine rings is 1. The summed E-state index contributed by atoms with van der Waals surface area (Å²) in [4.78, 5) is 6.20. The van der Waals surface area contributed by atoms with Crippen molar-refractivity contribution in [3.8, 4) is 0 Å². The molecule has 12 heteroatoms. The smallest absolute Gasteiger partial charge is 0.352 e. The van der Waals surface area contributed by atoms with Crippen LogP contribution >= 0.6 is 0 Å². The minimum atomic E-state index is -4.46. The molecule has 0 aliphatic carbocycles. The zero-order chi connectivity index (χ0) is 24.3. The van der Waals surface area contributed by atoms with Crippen LogP contribution in [0.25, 0.3) is 0 Å². The standard InChI is InChI=1S/C22H23F3N6O2S/c1-16-2-7-19(26-14-16)27-20-8-9-21(29-28-20)30-10-12-31(13-11-30)34(32,33)15-17-3-5-18(6-4-17)22(23,24)25/h2-9,14H,10-13,15H2,1H3,(H,26,27,28). The quantitative estimate of drug-likeness (QED) is 0.562. The maximum atomic E-state index is 12.8. The van der Waals surface area contributed by atoms with Crippen molar-refractivity contribution in [2.24, 2.45) is 0 Å². The van der Waals surface area contributed by atoms with E-state index < -0.39 is 21.8 Å². The molecule has 0 bridgehead atoms. The molecule has 3 heterocycles. The Morgan fingerprint density at radius 2 is 1.59 bits per heavy atom. The van der Waals surface area contributed by atoms with Crippen LogP contribution in [0.1, 0.15) is 16.7 Å². The number of benzene rings is 1. The van der Waals surface area contributed by atoms with Crippen LogP contribution in [0.3, 0.4) is 0 Å². The summed E-state index contributed by atoms with van der Waals surface area (Å²) in [5.41, 5.74) is 0.555. The van der Waals surface area contributed by atoms with Crippen molar-refractivity contribution < 1.29 is 21.6 Å². The second kappa shape index (κ2) is 9.55. The molecule has 3 aromatic rings. The molecule has 0 atom stereocenters. The second-order valence-corrected chi connectivity index (χ2v) is 9.93. The largest absolute Gasteiger partial charge is 0.416 e. The lowest BCUT2D eigenvalue weighted by Gasteiger charge is -2.34. The molecule has 1 aliphatic heterocycles. The van der Waals surface area contributed by atoms with Crippen molar-refractivity contribution in [1.29, 1.82) is 0 Å². The highest BCUT2D eigenvalue weighted by molar-refractivity contribution is 7.88. The minimum Gasteiger partial charge on any atom is -0.352 e. The Balaban J connectivity index is 1.32. The van der Waals surface area contributed by atoms with Gasteiger partial charge < -0.3 is 10.2 Å². The Kier molecular flexibility index (Phi) is 6.71. The number of aryl methyl sites for hydroxylation is 1. The number of aromatic nitrogens is 3. The molecule has 4 rings (SSSR count). The molecule has 34 heavy (non-hydrogen) atoms. The van der Waals surface area contributed by atoms with E-state index >= 15 is 0 Å². The molecule has 1 N–H and O–H groups in total. The lowest BCUT2D eigenvalue weighted by atomic mass is 10.1. The van der Waals surface area contributed by atoms with Gasteiger partial charge in [0, 0.05) is 32.4 Å². The molecule has 0 unspecified atom stereocenters. The SMILES string of the molecule is Cc1ccc(Nc2ccc(N3CCN(S(=O)(=O)Cc4ccc(C(F)(F)F)cc4)CC3)nn2)nc1. The molecule has 1 aromatic carbocycles.